The van der Waals surface area contributed by atoms with Gasteiger partial charge in [-0.2, -0.15) is 0 Å². The molecule has 2 heteroatoms. The van der Waals surface area contributed by atoms with E-state index in [9.17, 15) is 9.59 Å². The largest absolute Gasteiger partial charge is 0.299 e. The molecule has 4 aliphatic rings. The van der Waals surface area contributed by atoms with Crippen LogP contribution in [0.25, 0.3) is 0 Å². The molecule has 0 unspecified atom stereocenters. The normalized spacial score (nSPS) is 52.0. The number of allylic oxidation sites excluding steroid dienone is 1. The first kappa shape index (κ1) is 17.5. The molecule has 0 bridgehead atoms. The second kappa shape index (κ2) is 5.30. The van der Waals surface area contributed by atoms with E-state index in [0.717, 1.165) is 25.2 Å². The SMILES string of the molecule is CC(=O)[C@]1(C)[C@H](C)C[C@@H]2[C@H]3CCC4=CC(=O)CC[C@]4(C)[C@@H]3CC[C@]21C. The maximum absolute atomic E-state index is 12.7. The van der Waals surface area contributed by atoms with Crippen molar-refractivity contribution in [3.63, 3.8) is 0 Å². The zero-order valence-electron chi connectivity index (χ0n) is 16.7. The molecule has 0 aliphatic heterocycles. The van der Waals surface area contributed by atoms with Gasteiger partial charge in [-0.3, -0.25) is 9.59 Å². The van der Waals surface area contributed by atoms with Gasteiger partial charge < -0.3 is 0 Å². The van der Waals surface area contributed by atoms with Crippen molar-refractivity contribution in [3.05, 3.63) is 11.6 Å². The summed E-state index contributed by atoms with van der Waals surface area (Å²) in [5.41, 5.74) is 1.66. The zero-order valence-corrected chi connectivity index (χ0v) is 16.7. The van der Waals surface area contributed by atoms with Gasteiger partial charge in [-0.1, -0.05) is 33.3 Å². The lowest BCUT2D eigenvalue weighted by Gasteiger charge is -2.59. The van der Waals surface area contributed by atoms with Crippen molar-refractivity contribution in [2.75, 3.05) is 0 Å². The van der Waals surface area contributed by atoms with Crippen LogP contribution in [0.5, 0.6) is 0 Å². The van der Waals surface area contributed by atoms with Crippen LogP contribution in [0.4, 0.5) is 0 Å². The number of ketones is 2. The lowest BCUT2D eigenvalue weighted by molar-refractivity contribution is -0.141. The molecule has 7 atom stereocenters. The van der Waals surface area contributed by atoms with Crippen molar-refractivity contribution in [2.45, 2.75) is 79.6 Å². The van der Waals surface area contributed by atoms with Crippen molar-refractivity contribution in [3.8, 4) is 0 Å². The molecule has 4 rings (SSSR count). The summed E-state index contributed by atoms with van der Waals surface area (Å²) < 4.78 is 0. The molecule has 4 aliphatic carbocycles. The van der Waals surface area contributed by atoms with E-state index in [1.54, 1.807) is 0 Å². The van der Waals surface area contributed by atoms with Gasteiger partial charge in [0.2, 0.25) is 0 Å². The van der Waals surface area contributed by atoms with Crippen LogP contribution in [0.15, 0.2) is 11.6 Å². The Labute approximate surface area is 152 Å². The third-order valence-corrected chi connectivity index (χ3v) is 9.86. The van der Waals surface area contributed by atoms with Crippen LogP contribution in [0.1, 0.15) is 79.6 Å². The van der Waals surface area contributed by atoms with Gasteiger partial charge in [0.1, 0.15) is 5.78 Å². The average Bonchev–Trinajstić information content (AvgIpc) is 2.77. The minimum Gasteiger partial charge on any atom is -0.299 e. The lowest BCUT2D eigenvalue weighted by atomic mass is 9.45. The van der Waals surface area contributed by atoms with Gasteiger partial charge in [0, 0.05) is 11.8 Å². The molecule has 0 spiro atoms. The van der Waals surface area contributed by atoms with Gasteiger partial charge in [0.05, 0.1) is 0 Å². The highest BCUT2D eigenvalue weighted by Crippen LogP contribution is 2.71. The molecule has 138 valence electrons. The highest BCUT2D eigenvalue weighted by Gasteiger charge is 2.66. The van der Waals surface area contributed by atoms with E-state index in [-0.39, 0.29) is 16.2 Å². The van der Waals surface area contributed by atoms with E-state index in [1.165, 1.54) is 31.3 Å². The van der Waals surface area contributed by atoms with E-state index >= 15 is 0 Å². The van der Waals surface area contributed by atoms with Crippen LogP contribution in [-0.2, 0) is 9.59 Å². The van der Waals surface area contributed by atoms with Gasteiger partial charge >= 0.3 is 0 Å². The number of carbonyl (C=O) groups is 2. The van der Waals surface area contributed by atoms with Gasteiger partial charge in [0.15, 0.2) is 5.78 Å². The molecule has 25 heavy (non-hydrogen) atoms. The molecule has 0 amide bonds. The first-order valence-corrected chi connectivity index (χ1v) is 10.4. The van der Waals surface area contributed by atoms with Gasteiger partial charge in [0.25, 0.3) is 0 Å². The second-order valence-electron chi connectivity index (χ2n) is 10.3. The molecule has 3 fully saturated rings. The molecular formula is C23H34O2. The molecule has 2 nitrogen and oxygen atoms in total. The Hall–Kier alpha value is -0.920. The Morgan fingerprint density at radius 3 is 2.48 bits per heavy atom. The number of carbonyl (C=O) groups excluding carboxylic acids is 2. The van der Waals surface area contributed by atoms with Crippen molar-refractivity contribution >= 4 is 11.6 Å². The van der Waals surface area contributed by atoms with Crippen molar-refractivity contribution in [1.29, 1.82) is 0 Å². The summed E-state index contributed by atoms with van der Waals surface area (Å²) in [7, 11) is 0. The monoisotopic (exact) mass is 342 g/mol. The summed E-state index contributed by atoms with van der Waals surface area (Å²) in [4.78, 5) is 24.6. The van der Waals surface area contributed by atoms with Crippen molar-refractivity contribution in [2.24, 2.45) is 39.9 Å². The molecule has 0 radical (unpaired) electrons. The number of hydrogen-bond donors (Lipinski definition) is 0. The maximum atomic E-state index is 12.7. The topological polar surface area (TPSA) is 34.1 Å². The van der Waals surface area contributed by atoms with Crippen LogP contribution < -0.4 is 0 Å². The zero-order chi connectivity index (χ0) is 18.2. The van der Waals surface area contributed by atoms with Crippen molar-refractivity contribution < 1.29 is 9.59 Å². The van der Waals surface area contributed by atoms with Crippen LogP contribution in [-0.4, -0.2) is 11.6 Å². The number of Topliss-reactive ketones (excluding diaryl/α,β-unsaturated/α-hetero) is 1. The van der Waals surface area contributed by atoms with Gasteiger partial charge in [-0.25, -0.2) is 0 Å². The summed E-state index contributed by atoms with van der Waals surface area (Å²) in [6, 6.07) is 0. The fourth-order valence-electron chi connectivity index (χ4n) is 7.89. The van der Waals surface area contributed by atoms with E-state index < -0.39 is 0 Å². The fourth-order valence-corrected chi connectivity index (χ4v) is 7.89. The van der Waals surface area contributed by atoms with E-state index in [0.29, 0.717) is 29.3 Å². The van der Waals surface area contributed by atoms with Crippen molar-refractivity contribution in [1.82, 2.24) is 0 Å². The van der Waals surface area contributed by atoms with Gasteiger partial charge in [-0.15, -0.1) is 0 Å². The predicted octanol–water partition coefficient (Wildman–Crippen LogP) is 5.36. The first-order chi connectivity index (χ1) is 11.6. The molecule has 0 aromatic rings. The smallest absolute Gasteiger partial charge is 0.155 e. The minimum absolute atomic E-state index is 0.154. The van der Waals surface area contributed by atoms with Crippen LogP contribution in [0, 0.1) is 39.9 Å². The molecule has 3 saturated carbocycles. The maximum Gasteiger partial charge on any atom is 0.155 e. The highest BCUT2D eigenvalue weighted by molar-refractivity contribution is 5.91. The number of rotatable bonds is 1. The highest BCUT2D eigenvalue weighted by atomic mass is 16.1. The Morgan fingerprint density at radius 2 is 1.80 bits per heavy atom. The molecule has 0 aromatic heterocycles. The molecule has 0 aromatic carbocycles. The Morgan fingerprint density at radius 1 is 1.08 bits per heavy atom. The van der Waals surface area contributed by atoms with Crippen LogP contribution in [0.2, 0.25) is 0 Å². The summed E-state index contributed by atoms with van der Waals surface area (Å²) in [6.45, 7) is 11.3. The average molecular weight is 343 g/mol. The lowest BCUT2D eigenvalue weighted by Crippen LogP contribution is -2.53. The third kappa shape index (κ3) is 2.03. The predicted molar refractivity (Wildman–Crippen MR) is 100 cm³/mol. The first-order valence-electron chi connectivity index (χ1n) is 10.4. The standard InChI is InChI=1S/C23H34O2/c1-14-12-20-18-7-6-16-13-17(25)8-10-21(16,3)19(18)9-11-22(20,4)23(14,5)15(2)24/h13-14,18-20H,6-12H2,1-5H3/t14-,18+,19-,20-,21+,22-,23+/m1/s1. The quantitative estimate of drug-likeness (QED) is 0.643. The number of hydrogen-bond acceptors (Lipinski definition) is 2. The minimum atomic E-state index is -0.164. The summed E-state index contributed by atoms with van der Waals surface area (Å²) in [5, 5.41) is 0. The van der Waals surface area contributed by atoms with Crippen LogP contribution in [0.3, 0.4) is 0 Å². The number of fused-ring (bicyclic) bond motifs is 5. The summed E-state index contributed by atoms with van der Waals surface area (Å²) in [6.07, 6.45) is 9.70. The van der Waals surface area contributed by atoms with Crippen LogP contribution >= 0.6 is 0 Å². The van der Waals surface area contributed by atoms with E-state index in [1.807, 2.05) is 13.0 Å². The molecule has 0 heterocycles. The van der Waals surface area contributed by atoms with Gasteiger partial charge in [-0.05, 0) is 86.0 Å². The summed E-state index contributed by atoms with van der Waals surface area (Å²) >= 11 is 0. The Balaban J connectivity index is 1.72. The second-order valence-corrected chi connectivity index (χ2v) is 10.3. The molecule has 0 N–H and O–H groups in total. The molecule has 0 saturated heterocycles. The Kier molecular flexibility index (Phi) is 3.71. The Bertz CT molecular complexity index is 661. The third-order valence-electron chi connectivity index (χ3n) is 9.86. The summed E-state index contributed by atoms with van der Waals surface area (Å²) in [5.74, 6) is 3.33. The van der Waals surface area contributed by atoms with E-state index in [2.05, 4.69) is 27.7 Å². The fraction of sp³-hybridized carbons (Fsp3) is 0.826. The molecular weight excluding hydrogens is 308 g/mol. The van der Waals surface area contributed by atoms with E-state index in [4.69, 9.17) is 0 Å².